The molecule has 1 aromatic rings. The minimum Gasteiger partial charge on any atom is -0.352 e. The van der Waals surface area contributed by atoms with Gasteiger partial charge in [0.05, 0.1) is 11.2 Å². The normalized spacial score (nSPS) is 18.3. The fourth-order valence-electron chi connectivity index (χ4n) is 3.07. The maximum atomic E-state index is 12.8. The van der Waals surface area contributed by atoms with E-state index in [1.807, 2.05) is 30.3 Å². The molecule has 1 aromatic carbocycles. The van der Waals surface area contributed by atoms with Crippen LogP contribution in [0.3, 0.4) is 0 Å². The third-order valence-electron chi connectivity index (χ3n) is 4.50. The van der Waals surface area contributed by atoms with Crippen LogP contribution in [-0.4, -0.2) is 44.0 Å². The van der Waals surface area contributed by atoms with Crippen molar-refractivity contribution in [3.05, 3.63) is 48.6 Å². The summed E-state index contributed by atoms with van der Waals surface area (Å²) in [4.78, 5) is 12.8. The number of hydrogen-bond acceptors (Lipinski definition) is 3. The maximum Gasteiger partial charge on any atom is 0.231 e. The maximum absolute atomic E-state index is 12.8. The molecular weight excluding hydrogens is 312 g/mol. The lowest BCUT2D eigenvalue weighted by Gasteiger charge is -2.40. The van der Waals surface area contributed by atoms with Gasteiger partial charge in [-0.25, -0.2) is 12.7 Å². The van der Waals surface area contributed by atoms with E-state index in [9.17, 15) is 13.2 Å². The van der Waals surface area contributed by atoms with Crippen LogP contribution in [0.2, 0.25) is 0 Å². The number of sulfonamides is 1. The highest BCUT2D eigenvalue weighted by Gasteiger charge is 2.44. The van der Waals surface area contributed by atoms with Gasteiger partial charge in [-0.05, 0) is 25.3 Å². The Morgan fingerprint density at radius 3 is 2.43 bits per heavy atom. The van der Waals surface area contributed by atoms with Crippen molar-refractivity contribution in [1.82, 2.24) is 9.62 Å². The fraction of sp³-hybridized carbons (Fsp3) is 0.471. The van der Waals surface area contributed by atoms with Crippen molar-refractivity contribution in [2.75, 3.05) is 25.4 Å². The predicted molar refractivity (Wildman–Crippen MR) is 91.6 cm³/mol. The smallest absolute Gasteiger partial charge is 0.231 e. The van der Waals surface area contributed by atoms with E-state index in [0.717, 1.165) is 5.56 Å². The molecule has 0 radical (unpaired) electrons. The Kier molecular flexibility index (Phi) is 5.59. The Morgan fingerprint density at radius 1 is 1.30 bits per heavy atom. The Morgan fingerprint density at radius 2 is 1.91 bits per heavy atom. The van der Waals surface area contributed by atoms with Gasteiger partial charge in [0.15, 0.2) is 0 Å². The van der Waals surface area contributed by atoms with Gasteiger partial charge in [0, 0.05) is 19.6 Å². The monoisotopic (exact) mass is 336 g/mol. The molecule has 1 N–H and O–H groups in total. The summed E-state index contributed by atoms with van der Waals surface area (Å²) in [5.41, 5.74) is 0.263. The Labute approximate surface area is 138 Å². The second kappa shape index (κ2) is 7.27. The zero-order valence-electron chi connectivity index (χ0n) is 13.5. The lowest BCUT2D eigenvalue weighted by atomic mass is 9.72. The summed E-state index contributed by atoms with van der Waals surface area (Å²) in [7, 11) is -3.21. The van der Waals surface area contributed by atoms with Crippen molar-refractivity contribution < 1.29 is 13.2 Å². The van der Waals surface area contributed by atoms with Gasteiger partial charge in [-0.3, -0.25) is 4.79 Å². The number of benzene rings is 1. The van der Waals surface area contributed by atoms with Crippen LogP contribution in [0.15, 0.2) is 43.0 Å². The molecule has 126 valence electrons. The lowest BCUT2D eigenvalue weighted by molar-refractivity contribution is -0.128. The van der Waals surface area contributed by atoms with Crippen molar-refractivity contribution in [3.8, 4) is 0 Å². The highest BCUT2D eigenvalue weighted by molar-refractivity contribution is 7.89. The summed E-state index contributed by atoms with van der Waals surface area (Å²) in [6.07, 6.45) is 2.62. The first kappa shape index (κ1) is 17.7. The Hall–Kier alpha value is -1.66. The summed E-state index contributed by atoms with van der Waals surface area (Å²) in [6, 6.07) is 9.62. The van der Waals surface area contributed by atoms with Gasteiger partial charge in [-0.15, -0.1) is 6.58 Å². The second-order valence-electron chi connectivity index (χ2n) is 5.75. The molecule has 6 heteroatoms. The molecule has 1 heterocycles. The molecule has 1 fully saturated rings. The standard InChI is InChI=1S/C17H24N2O3S/c1-3-12-18-16(20)17(15-8-6-5-7-9-15)10-13-19(14-11-17)23(21,22)4-2/h3,5-9H,1,4,10-14H2,2H3,(H,18,20). The molecular formula is C17H24N2O3S. The zero-order chi connectivity index (χ0) is 16.9. The second-order valence-corrected chi connectivity index (χ2v) is 8.00. The number of nitrogens with zero attached hydrogens (tertiary/aromatic N) is 1. The molecule has 1 aliphatic rings. The topological polar surface area (TPSA) is 66.5 Å². The molecule has 0 spiro atoms. The molecule has 2 rings (SSSR count). The molecule has 0 saturated carbocycles. The van der Waals surface area contributed by atoms with Gasteiger partial charge < -0.3 is 5.32 Å². The van der Waals surface area contributed by atoms with Crippen LogP contribution in [-0.2, 0) is 20.2 Å². The summed E-state index contributed by atoms with van der Waals surface area (Å²) in [5, 5.41) is 2.88. The van der Waals surface area contributed by atoms with Crippen molar-refractivity contribution in [1.29, 1.82) is 0 Å². The number of rotatable bonds is 6. The van der Waals surface area contributed by atoms with Crippen LogP contribution < -0.4 is 5.32 Å². The average molecular weight is 336 g/mol. The minimum absolute atomic E-state index is 0.0582. The molecule has 0 aliphatic carbocycles. The Bertz CT molecular complexity index is 648. The van der Waals surface area contributed by atoms with Gasteiger partial charge in [0.25, 0.3) is 0 Å². The van der Waals surface area contributed by atoms with Crippen molar-refractivity contribution in [2.24, 2.45) is 0 Å². The van der Waals surface area contributed by atoms with Crippen LogP contribution in [0.4, 0.5) is 0 Å². The van der Waals surface area contributed by atoms with Gasteiger partial charge >= 0.3 is 0 Å². The summed E-state index contributed by atoms with van der Waals surface area (Å²) < 4.78 is 25.6. The van der Waals surface area contributed by atoms with Gasteiger partial charge in [0.2, 0.25) is 15.9 Å². The summed E-state index contributed by atoms with van der Waals surface area (Å²) in [5.74, 6) is 0.0331. The van der Waals surface area contributed by atoms with Gasteiger partial charge in [-0.1, -0.05) is 36.4 Å². The van der Waals surface area contributed by atoms with Crippen molar-refractivity contribution in [3.63, 3.8) is 0 Å². The van der Waals surface area contributed by atoms with Crippen LogP contribution in [0, 0.1) is 0 Å². The highest BCUT2D eigenvalue weighted by Crippen LogP contribution is 2.36. The van der Waals surface area contributed by atoms with E-state index in [1.165, 1.54) is 4.31 Å². The van der Waals surface area contributed by atoms with E-state index in [4.69, 9.17) is 0 Å². The van der Waals surface area contributed by atoms with Gasteiger partial charge in [-0.2, -0.15) is 0 Å². The van der Waals surface area contributed by atoms with Crippen molar-refractivity contribution >= 4 is 15.9 Å². The molecule has 1 saturated heterocycles. The molecule has 23 heavy (non-hydrogen) atoms. The Balaban J connectivity index is 2.28. The number of nitrogens with one attached hydrogen (secondary N) is 1. The van der Waals surface area contributed by atoms with Crippen LogP contribution in [0.25, 0.3) is 0 Å². The van der Waals surface area contributed by atoms with Crippen LogP contribution in [0.1, 0.15) is 25.3 Å². The van der Waals surface area contributed by atoms with E-state index in [-0.39, 0.29) is 11.7 Å². The predicted octanol–water partition coefficient (Wildman–Crippen LogP) is 1.67. The highest BCUT2D eigenvalue weighted by atomic mass is 32.2. The van der Waals surface area contributed by atoms with Crippen molar-refractivity contribution in [2.45, 2.75) is 25.2 Å². The third-order valence-corrected chi connectivity index (χ3v) is 6.38. The van der Waals surface area contributed by atoms with E-state index in [1.54, 1.807) is 13.0 Å². The largest absolute Gasteiger partial charge is 0.352 e. The third kappa shape index (κ3) is 3.64. The molecule has 0 unspecified atom stereocenters. The lowest BCUT2D eigenvalue weighted by Crippen LogP contribution is -2.53. The van der Waals surface area contributed by atoms with E-state index in [2.05, 4.69) is 11.9 Å². The first-order valence-corrected chi connectivity index (χ1v) is 9.50. The van der Waals surface area contributed by atoms with Crippen LogP contribution in [0.5, 0.6) is 0 Å². The molecule has 0 bridgehead atoms. The number of hydrogen-bond donors (Lipinski definition) is 1. The molecule has 1 aliphatic heterocycles. The van der Waals surface area contributed by atoms with Gasteiger partial charge in [0.1, 0.15) is 0 Å². The quantitative estimate of drug-likeness (QED) is 0.804. The summed E-state index contributed by atoms with van der Waals surface area (Å²) in [6.45, 7) is 6.41. The number of carbonyl (C=O) groups is 1. The SMILES string of the molecule is C=CCNC(=O)C1(c2ccccc2)CCN(S(=O)(=O)CC)CC1. The fourth-order valence-corrected chi connectivity index (χ4v) is 4.17. The van der Waals surface area contributed by atoms with E-state index in [0.29, 0.717) is 32.5 Å². The zero-order valence-corrected chi connectivity index (χ0v) is 14.3. The molecule has 5 nitrogen and oxygen atoms in total. The first-order valence-electron chi connectivity index (χ1n) is 7.89. The number of amides is 1. The minimum atomic E-state index is -3.21. The molecule has 1 amide bonds. The van der Waals surface area contributed by atoms with E-state index < -0.39 is 15.4 Å². The average Bonchev–Trinajstić information content (AvgIpc) is 2.60. The molecule has 0 aromatic heterocycles. The van der Waals surface area contributed by atoms with E-state index >= 15 is 0 Å². The molecule has 0 atom stereocenters. The summed E-state index contributed by atoms with van der Waals surface area (Å²) >= 11 is 0. The number of carbonyl (C=O) groups excluding carboxylic acids is 1. The van der Waals surface area contributed by atoms with Crippen LogP contribution >= 0.6 is 0 Å². The number of piperidine rings is 1. The first-order chi connectivity index (χ1) is 11.0.